The third kappa shape index (κ3) is 1.33. The van der Waals surface area contributed by atoms with Gasteiger partial charge < -0.3 is 5.73 Å². The molecular weight excluding hydrogens is 216 g/mol. The van der Waals surface area contributed by atoms with Gasteiger partial charge in [-0.2, -0.15) is 5.26 Å². The van der Waals surface area contributed by atoms with Crippen LogP contribution in [0.1, 0.15) is 5.56 Å². The number of nitrogens with zero attached hydrogens (tertiary/aromatic N) is 1. The van der Waals surface area contributed by atoms with E-state index in [1.807, 2.05) is 17.5 Å². The van der Waals surface area contributed by atoms with Gasteiger partial charge in [0, 0.05) is 26.4 Å². The zero-order chi connectivity index (χ0) is 10.1. The third-order valence-electron chi connectivity index (χ3n) is 2.11. The maximum absolute atomic E-state index is 8.63. The Hall–Kier alpha value is -1.24. The highest BCUT2D eigenvalue weighted by atomic mass is 35.5. The summed E-state index contributed by atoms with van der Waals surface area (Å²) in [5, 5.41) is 12.2. The quantitative estimate of drug-likeness (QED) is 0.754. The van der Waals surface area contributed by atoms with Crippen molar-refractivity contribution in [2.45, 2.75) is 6.42 Å². The number of nitrogens with two attached hydrogens (primary N) is 1. The van der Waals surface area contributed by atoms with E-state index in [0.717, 1.165) is 15.6 Å². The van der Waals surface area contributed by atoms with E-state index in [9.17, 15) is 0 Å². The average Bonchev–Trinajstić information content (AvgIpc) is 2.60. The van der Waals surface area contributed by atoms with Gasteiger partial charge in [-0.1, -0.05) is 11.6 Å². The molecular formula is C10H7ClN2S. The zero-order valence-electron chi connectivity index (χ0n) is 7.25. The smallest absolute Gasteiger partial charge is 0.0671 e. The Morgan fingerprint density at radius 3 is 3.07 bits per heavy atom. The second-order valence-electron chi connectivity index (χ2n) is 2.92. The molecule has 4 heteroatoms. The Kier molecular flexibility index (Phi) is 2.32. The van der Waals surface area contributed by atoms with Crippen molar-refractivity contribution in [1.29, 1.82) is 5.26 Å². The largest absolute Gasteiger partial charge is 0.398 e. The number of anilines is 1. The number of hydrogen-bond acceptors (Lipinski definition) is 3. The van der Waals surface area contributed by atoms with Crippen LogP contribution in [0.15, 0.2) is 17.5 Å². The van der Waals surface area contributed by atoms with Gasteiger partial charge in [-0.05, 0) is 17.5 Å². The van der Waals surface area contributed by atoms with Crippen LogP contribution in [0, 0.1) is 11.3 Å². The minimum absolute atomic E-state index is 0.260. The molecule has 1 aromatic carbocycles. The molecule has 1 heterocycles. The first-order valence-electron chi connectivity index (χ1n) is 4.05. The standard InChI is InChI=1S/C10H7ClN2S/c11-8-5-9-7(2-4-14-9)10(13)6(8)1-3-12/h2,4-5H,1,13H2. The third-order valence-corrected chi connectivity index (χ3v) is 3.31. The van der Waals surface area contributed by atoms with Gasteiger partial charge in [0.2, 0.25) is 0 Å². The monoisotopic (exact) mass is 222 g/mol. The van der Waals surface area contributed by atoms with Crippen LogP contribution >= 0.6 is 22.9 Å². The molecule has 0 aliphatic carbocycles. The van der Waals surface area contributed by atoms with E-state index in [4.69, 9.17) is 22.6 Å². The SMILES string of the molecule is N#CCc1c(Cl)cc2sccc2c1N. The molecule has 0 aliphatic rings. The van der Waals surface area contributed by atoms with Crippen molar-refractivity contribution >= 4 is 38.7 Å². The Balaban J connectivity index is 2.77. The molecule has 1 aromatic heterocycles. The summed E-state index contributed by atoms with van der Waals surface area (Å²) in [7, 11) is 0. The predicted octanol–water partition coefficient (Wildman–Crippen LogP) is 3.20. The normalized spacial score (nSPS) is 10.3. The predicted molar refractivity (Wildman–Crippen MR) is 60.6 cm³/mol. The fourth-order valence-corrected chi connectivity index (χ4v) is 2.59. The summed E-state index contributed by atoms with van der Waals surface area (Å²) in [4.78, 5) is 0. The van der Waals surface area contributed by atoms with E-state index in [1.54, 1.807) is 11.3 Å². The van der Waals surface area contributed by atoms with Gasteiger partial charge in [-0.15, -0.1) is 11.3 Å². The molecule has 2 aromatic rings. The molecule has 0 amide bonds. The lowest BCUT2D eigenvalue weighted by atomic mass is 10.1. The number of fused-ring (bicyclic) bond motifs is 1. The molecule has 0 fully saturated rings. The minimum Gasteiger partial charge on any atom is -0.398 e. The molecule has 14 heavy (non-hydrogen) atoms. The summed E-state index contributed by atoms with van der Waals surface area (Å²) in [6.45, 7) is 0. The van der Waals surface area contributed by atoms with Gasteiger partial charge in [0.1, 0.15) is 0 Å². The van der Waals surface area contributed by atoms with Crippen LogP contribution in [0.3, 0.4) is 0 Å². The number of thiophene rings is 1. The number of halogens is 1. The number of nitriles is 1. The van der Waals surface area contributed by atoms with E-state index in [1.165, 1.54) is 0 Å². The molecule has 0 aliphatic heterocycles. The first-order chi connectivity index (χ1) is 6.74. The van der Waals surface area contributed by atoms with Crippen molar-refractivity contribution in [2.75, 3.05) is 5.73 Å². The van der Waals surface area contributed by atoms with Crippen LogP contribution in [0.5, 0.6) is 0 Å². The molecule has 0 unspecified atom stereocenters. The highest BCUT2D eigenvalue weighted by molar-refractivity contribution is 7.17. The van der Waals surface area contributed by atoms with Crippen LogP contribution in [0.25, 0.3) is 10.1 Å². The summed E-state index contributed by atoms with van der Waals surface area (Å²) in [5.74, 6) is 0. The lowest BCUT2D eigenvalue weighted by molar-refractivity contribution is 1.28. The highest BCUT2D eigenvalue weighted by Crippen LogP contribution is 2.34. The summed E-state index contributed by atoms with van der Waals surface area (Å²) >= 11 is 7.61. The maximum atomic E-state index is 8.63. The van der Waals surface area contributed by atoms with Crippen LogP contribution in [-0.2, 0) is 6.42 Å². The first-order valence-corrected chi connectivity index (χ1v) is 5.31. The Morgan fingerprint density at radius 1 is 1.57 bits per heavy atom. The number of hydrogen-bond donors (Lipinski definition) is 1. The number of benzene rings is 1. The second kappa shape index (κ2) is 3.49. The van der Waals surface area contributed by atoms with Gasteiger partial charge >= 0.3 is 0 Å². The molecule has 0 atom stereocenters. The molecule has 70 valence electrons. The summed E-state index contributed by atoms with van der Waals surface area (Å²) in [6, 6.07) is 5.88. The lowest BCUT2D eigenvalue weighted by Crippen LogP contribution is -1.94. The van der Waals surface area contributed by atoms with Crippen LogP contribution in [0.4, 0.5) is 5.69 Å². The van der Waals surface area contributed by atoms with Gasteiger partial charge in [0.25, 0.3) is 0 Å². The first kappa shape index (κ1) is 9.32. The highest BCUT2D eigenvalue weighted by Gasteiger charge is 2.09. The van der Waals surface area contributed by atoms with Gasteiger partial charge in [0.05, 0.1) is 12.5 Å². The minimum atomic E-state index is 0.260. The van der Waals surface area contributed by atoms with E-state index < -0.39 is 0 Å². The van der Waals surface area contributed by atoms with Crippen molar-refractivity contribution in [1.82, 2.24) is 0 Å². The second-order valence-corrected chi connectivity index (χ2v) is 4.27. The Labute approximate surface area is 90.5 Å². The molecule has 0 saturated carbocycles. The molecule has 2 rings (SSSR count). The zero-order valence-corrected chi connectivity index (χ0v) is 8.82. The lowest BCUT2D eigenvalue weighted by Gasteiger charge is -2.05. The van der Waals surface area contributed by atoms with Crippen LogP contribution < -0.4 is 5.73 Å². The summed E-state index contributed by atoms with van der Waals surface area (Å²) < 4.78 is 1.06. The Bertz CT molecular complexity index is 525. The molecule has 2 N–H and O–H groups in total. The molecule has 0 spiro atoms. The number of nitrogen functional groups attached to an aromatic ring is 1. The summed E-state index contributed by atoms with van der Waals surface area (Å²) in [5.41, 5.74) is 7.29. The topological polar surface area (TPSA) is 49.8 Å². The van der Waals surface area contributed by atoms with Gasteiger partial charge in [-0.25, -0.2) is 0 Å². The Morgan fingerprint density at radius 2 is 2.36 bits per heavy atom. The van der Waals surface area contributed by atoms with E-state index in [0.29, 0.717) is 10.7 Å². The van der Waals surface area contributed by atoms with Crippen LogP contribution in [0.2, 0.25) is 5.02 Å². The van der Waals surface area contributed by atoms with Crippen molar-refractivity contribution in [2.24, 2.45) is 0 Å². The number of rotatable bonds is 1. The molecule has 0 bridgehead atoms. The fourth-order valence-electron chi connectivity index (χ4n) is 1.41. The van der Waals surface area contributed by atoms with Crippen molar-refractivity contribution in [3.63, 3.8) is 0 Å². The molecule has 0 radical (unpaired) electrons. The van der Waals surface area contributed by atoms with Crippen molar-refractivity contribution in [3.05, 3.63) is 28.1 Å². The molecule has 2 nitrogen and oxygen atoms in total. The van der Waals surface area contributed by atoms with E-state index in [-0.39, 0.29) is 6.42 Å². The van der Waals surface area contributed by atoms with E-state index >= 15 is 0 Å². The average molecular weight is 223 g/mol. The summed E-state index contributed by atoms with van der Waals surface area (Å²) in [6.07, 6.45) is 0.260. The molecule has 0 saturated heterocycles. The van der Waals surface area contributed by atoms with Crippen molar-refractivity contribution < 1.29 is 0 Å². The maximum Gasteiger partial charge on any atom is 0.0671 e. The van der Waals surface area contributed by atoms with E-state index in [2.05, 4.69) is 6.07 Å². The fraction of sp³-hybridized carbons (Fsp3) is 0.100. The van der Waals surface area contributed by atoms with Crippen LogP contribution in [-0.4, -0.2) is 0 Å². The van der Waals surface area contributed by atoms with Gasteiger partial charge in [0.15, 0.2) is 0 Å². The van der Waals surface area contributed by atoms with Gasteiger partial charge in [-0.3, -0.25) is 0 Å². The van der Waals surface area contributed by atoms with Crippen molar-refractivity contribution in [3.8, 4) is 6.07 Å².